The summed E-state index contributed by atoms with van der Waals surface area (Å²) >= 11 is 0. The largest absolute Gasteiger partial charge is 0.348 e. The van der Waals surface area contributed by atoms with Crippen molar-refractivity contribution in [3.63, 3.8) is 0 Å². The highest BCUT2D eigenvalue weighted by Crippen LogP contribution is 2.32. The molecule has 0 saturated carbocycles. The van der Waals surface area contributed by atoms with E-state index in [1.54, 1.807) is 19.0 Å². The number of nitrogens with zero attached hydrogens (tertiary/aromatic N) is 5. The van der Waals surface area contributed by atoms with Crippen molar-refractivity contribution in [2.45, 2.75) is 44.9 Å². The number of hydrogen-bond donors (Lipinski definition) is 0. The maximum absolute atomic E-state index is 12.8. The highest BCUT2D eigenvalue weighted by molar-refractivity contribution is 5.95. The Morgan fingerprint density at radius 3 is 2.50 bits per heavy atom. The van der Waals surface area contributed by atoms with Gasteiger partial charge in [0.2, 0.25) is 11.8 Å². The minimum atomic E-state index is 0.136. The smallest absolute Gasteiger partial charge is 0.236 e. The van der Waals surface area contributed by atoms with E-state index in [1.807, 2.05) is 30.0 Å². The van der Waals surface area contributed by atoms with Crippen LogP contribution in [0.3, 0.4) is 0 Å². The van der Waals surface area contributed by atoms with E-state index in [2.05, 4.69) is 17.0 Å². The average molecular weight is 436 g/mol. The number of aromatic nitrogens is 2. The van der Waals surface area contributed by atoms with E-state index in [1.165, 1.54) is 5.56 Å². The second-order valence-electron chi connectivity index (χ2n) is 9.09. The number of piperidine rings is 1. The van der Waals surface area contributed by atoms with Crippen molar-refractivity contribution < 1.29 is 9.59 Å². The van der Waals surface area contributed by atoms with Crippen molar-refractivity contribution >= 4 is 17.6 Å². The van der Waals surface area contributed by atoms with E-state index < -0.39 is 0 Å². The van der Waals surface area contributed by atoms with Crippen molar-refractivity contribution in [2.75, 3.05) is 45.2 Å². The number of anilines is 1. The molecule has 0 bridgehead atoms. The number of amides is 2. The van der Waals surface area contributed by atoms with Gasteiger partial charge in [-0.2, -0.15) is 0 Å². The first-order valence-corrected chi connectivity index (χ1v) is 11.6. The van der Waals surface area contributed by atoms with Crippen LogP contribution in [0.1, 0.15) is 47.8 Å². The Labute approximate surface area is 190 Å². The molecular formula is C25H33N5O2. The van der Waals surface area contributed by atoms with Crippen LogP contribution >= 0.6 is 0 Å². The minimum absolute atomic E-state index is 0.136. The lowest BCUT2D eigenvalue weighted by Gasteiger charge is -2.33. The van der Waals surface area contributed by atoms with E-state index in [4.69, 9.17) is 9.97 Å². The van der Waals surface area contributed by atoms with E-state index >= 15 is 0 Å². The molecule has 0 unspecified atom stereocenters. The third-order valence-corrected chi connectivity index (χ3v) is 6.63. The Morgan fingerprint density at radius 2 is 1.81 bits per heavy atom. The summed E-state index contributed by atoms with van der Waals surface area (Å²) in [5, 5.41) is 0. The maximum Gasteiger partial charge on any atom is 0.236 e. The van der Waals surface area contributed by atoms with Crippen molar-refractivity contribution in [1.82, 2.24) is 19.8 Å². The van der Waals surface area contributed by atoms with Gasteiger partial charge in [0, 0.05) is 44.2 Å². The van der Waals surface area contributed by atoms with E-state index in [-0.39, 0.29) is 17.7 Å². The third-order valence-electron chi connectivity index (χ3n) is 6.63. The molecule has 0 spiro atoms. The first kappa shape index (κ1) is 22.4. The Balaban J connectivity index is 1.49. The molecule has 2 aromatic rings. The van der Waals surface area contributed by atoms with E-state index in [9.17, 15) is 9.59 Å². The topological polar surface area (TPSA) is 69.6 Å². The second kappa shape index (κ2) is 9.77. The van der Waals surface area contributed by atoms with Crippen LogP contribution in [0.15, 0.2) is 30.3 Å². The van der Waals surface area contributed by atoms with Crippen molar-refractivity contribution in [1.29, 1.82) is 0 Å². The average Bonchev–Trinajstić information content (AvgIpc) is 2.79. The summed E-state index contributed by atoms with van der Waals surface area (Å²) in [6, 6.07) is 10.3. The van der Waals surface area contributed by atoms with Crippen LogP contribution in [0, 0.1) is 6.92 Å². The Hall–Kier alpha value is -2.80. The molecule has 0 radical (unpaired) electrons. The molecule has 7 nitrogen and oxygen atoms in total. The predicted octanol–water partition coefficient (Wildman–Crippen LogP) is 2.57. The first-order valence-electron chi connectivity index (χ1n) is 11.6. The number of hydrogen-bond acceptors (Lipinski definition) is 5. The van der Waals surface area contributed by atoms with Gasteiger partial charge in [0.15, 0.2) is 0 Å². The van der Waals surface area contributed by atoms with Gasteiger partial charge in [-0.3, -0.25) is 19.4 Å². The fourth-order valence-electron chi connectivity index (χ4n) is 4.58. The van der Waals surface area contributed by atoms with Crippen LogP contribution in [0.2, 0.25) is 0 Å². The van der Waals surface area contributed by atoms with Crippen LogP contribution < -0.4 is 4.90 Å². The number of carbonyl (C=O) groups excluding carboxylic acids is 2. The molecule has 1 aromatic carbocycles. The highest BCUT2D eigenvalue weighted by Gasteiger charge is 2.30. The van der Waals surface area contributed by atoms with Gasteiger partial charge in [0.05, 0.1) is 6.54 Å². The maximum atomic E-state index is 12.8. The van der Waals surface area contributed by atoms with Gasteiger partial charge in [0.25, 0.3) is 0 Å². The number of aryl methyl sites for hydroxylation is 1. The molecular weight excluding hydrogens is 402 g/mol. The van der Waals surface area contributed by atoms with Crippen LogP contribution in [0.25, 0.3) is 0 Å². The molecule has 0 N–H and O–H groups in total. The lowest BCUT2D eigenvalue weighted by Crippen LogP contribution is -2.41. The monoisotopic (exact) mass is 435 g/mol. The summed E-state index contributed by atoms with van der Waals surface area (Å²) in [5.41, 5.74) is 3.32. The number of fused-ring (bicyclic) bond motifs is 1. The molecule has 2 aliphatic heterocycles. The van der Waals surface area contributed by atoms with Gasteiger partial charge in [-0.15, -0.1) is 0 Å². The number of benzene rings is 1. The molecule has 3 heterocycles. The van der Waals surface area contributed by atoms with E-state index in [0.717, 1.165) is 55.3 Å². The molecule has 0 aliphatic carbocycles. The van der Waals surface area contributed by atoms with Crippen molar-refractivity contribution in [3.8, 4) is 0 Å². The molecule has 7 heteroatoms. The molecule has 170 valence electrons. The van der Waals surface area contributed by atoms with Gasteiger partial charge >= 0.3 is 0 Å². The summed E-state index contributed by atoms with van der Waals surface area (Å²) in [5.74, 6) is 2.20. The number of likely N-dealkylation sites (tertiary alicyclic amines) is 1. The summed E-state index contributed by atoms with van der Waals surface area (Å²) in [6.45, 7) is 4.86. The van der Waals surface area contributed by atoms with Crippen LogP contribution in [-0.2, 0) is 22.4 Å². The third kappa shape index (κ3) is 4.99. The number of likely N-dealkylation sites (N-methyl/N-ethyl adjacent to an activating group) is 1. The van der Waals surface area contributed by atoms with Gasteiger partial charge in [-0.05, 0) is 51.3 Å². The fraction of sp³-hybridized carbons (Fsp3) is 0.520. The molecule has 1 fully saturated rings. The van der Waals surface area contributed by atoms with E-state index in [0.29, 0.717) is 25.9 Å². The summed E-state index contributed by atoms with van der Waals surface area (Å²) in [7, 11) is 3.59. The molecule has 4 rings (SSSR count). The molecule has 2 amide bonds. The predicted molar refractivity (Wildman–Crippen MR) is 125 cm³/mol. The number of rotatable bonds is 6. The SMILES string of the molecule is Cc1nc(C2CCN(CC(=O)N(C)C)CC2)nc2c1CCC(=O)N2CCc1ccccc1. The standard InChI is InChI=1S/C25H33N5O2/c1-18-21-9-10-22(31)30(16-11-19-7-5-4-6-8-19)25(21)27-24(26-18)20-12-14-29(15-13-20)17-23(32)28(2)3/h4-8,20H,9-17H2,1-3H3. The van der Waals surface area contributed by atoms with Crippen molar-refractivity contribution in [2.24, 2.45) is 0 Å². The summed E-state index contributed by atoms with van der Waals surface area (Å²) < 4.78 is 0. The zero-order valence-electron chi connectivity index (χ0n) is 19.4. The lowest BCUT2D eigenvalue weighted by atomic mass is 9.94. The lowest BCUT2D eigenvalue weighted by molar-refractivity contribution is -0.130. The zero-order valence-corrected chi connectivity index (χ0v) is 19.4. The van der Waals surface area contributed by atoms with Gasteiger partial charge in [-0.25, -0.2) is 9.97 Å². The molecule has 32 heavy (non-hydrogen) atoms. The second-order valence-corrected chi connectivity index (χ2v) is 9.09. The summed E-state index contributed by atoms with van der Waals surface area (Å²) in [6.07, 6.45) is 3.90. The quantitative estimate of drug-likeness (QED) is 0.698. The van der Waals surface area contributed by atoms with Gasteiger partial charge in [-0.1, -0.05) is 30.3 Å². The summed E-state index contributed by atoms with van der Waals surface area (Å²) in [4.78, 5) is 40.4. The zero-order chi connectivity index (χ0) is 22.7. The number of carbonyl (C=O) groups is 2. The minimum Gasteiger partial charge on any atom is -0.348 e. The molecule has 1 aromatic heterocycles. The Bertz CT molecular complexity index is 968. The normalized spacial score (nSPS) is 17.3. The van der Waals surface area contributed by atoms with Crippen LogP contribution in [0.5, 0.6) is 0 Å². The van der Waals surface area contributed by atoms with Crippen LogP contribution in [0.4, 0.5) is 5.82 Å². The van der Waals surface area contributed by atoms with Crippen LogP contribution in [-0.4, -0.2) is 71.9 Å². The van der Waals surface area contributed by atoms with Gasteiger partial charge in [0.1, 0.15) is 11.6 Å². The Morgan fingerprint density at radius 1 is 1.09 bits per heavy atom. The first-order chi connectivity index (χ1) is 15.4. The van der Waals surface area contributed by atoms with Crippen molar-refractivity contribution in [3.05, 3.63) is 53.0 Å². The van der Waals surface area contributed by atoms with Gasteiger partial charge < -0.3 is 4.90 Å². The fourth-order valence-corrected chi connectivity index (χ4v) is 4.58. The highest BCUT2D eigenvalue weighted by atomic mass is 16.2. The molecule has 1 saturated heterocycles. The Kier molecular flexibility index (Phi) is 6.84. The molecule has 0 atom stereocenters. The molecule has 2 aliphatic rings.